The van der Waals surface area contributed by atoms with Crippen molar-refractivity contribution in [2.24, 2.45) is 0 Å². The molecule has 0 bridgehead atoms. The highest BCUT2D eigenvalue weighted by Crippen LogP contribution is 2.13. The van der Waals surface area contributed by atoms with Gasteiger partial charge in [0.25, 0.3) is 0 Å². The fourth-order valence-corrected chi connectivity index (χ4v) is 1.24. The lowest BCUT2D eigenvalue weighted by molar-refractivity contribution is 0.527. The van der Waals surface area contributed by atoms with E-state index in [1.807, 2.05) is 13.1 Å². The Hall–Kier alpha value is -0.960. The summed E-state index contributed by atoms with van der Waals surface area (Å²) < 4.78 is 0. The van der Waals surface area contributed by atoms with Gasteiger partial charge in [0.05, 0.1) is 5.69 Å². The van der Waals surface area contributed by atoms with E-state index in [-0.39, 0.29) is 0 Å². The summed E-state index contributed by atoms with van der Waals surface area (Å²) in [6, 6.07) is 2.33. The van der Waals surface area contributed by atoms with Crippen molar-refractivity contribution in [3.05, 3.63) is 24.3 Å². The van der Waals surface area contributed by atoms with E-state index in [0.29, 0.717) is 6.04 Å². The number of hydrogen-bond acceptors (Lipinski definition) is 3. The molecule has 1 heterocycles. The van der Waals surface area contributed by atoms with Crippen molar-refractivity contribution < 1.29 is 0 Å². The van der Waals surface area contributed by atoms with Crippen LogP contribution in [0, 0.1) is 0 Å². The maximum atomic E-state index is 4.19. The van der Waals surface area contributed by atoms with Gasteiger partial charge in [-0.25, -0.2) is 9.97 Å². The number of nitrogens with zero attached hydrogens (tertiary/aromatic N) is 2. The molecule has 3 heteroatoms. The van der Waals surface area contributed by atoms with Crippen molar-refractivity contribution in [2.75, 3.05) is 7.05 Å². The fourth-order valence-electron chi connectivity index (χ4n) is 1.24. The van der Waals surface area contributed by atoms with Crippen molar-refractivity contribution in [1.29, 1.82) is 0 Å². The van der Waals surface area contributed by atoms with Gasteiger partial charge in [-0.2, -0.15) is 0 Å². The average Bonchev–Trinajstić information content (AvgIpc) is 2.15. The molecule has 0 radical (unpaired) electrons. The zero-order chi connectivity index (χ0) is 8.81. The van der Waals surface area contributed by atoms with Gasteiger partial charge in [0.1, 0.15) is 6.33 Å². The van der Waals surface area contributed by atoms with E-state index in [2.05, 4.69) is 22.2 Å². The molecule has 1 aromatic rings. The molecule has 1 N–H and O–H groups in total. The van der Waals surface area contributed by atoms with Crippen LogP contribution in [0.3, 0.4) is 0 Å². The summed E-state index contributed by atoms with van der Waals surface area (Å²) in [6.07, 6.45) is 5.65. The normalized spacial score (nSPS) is 12.8. The molecule has 66 valence electrons. The Labute approximate surface area is 73.2 Å². The minimum absolute atomic E-state index is 0.373. The highest BCUT2D eigenvalue weighted by atomic mass is 14.9. The second kappa shape index (κ2) is 4.83. The molecule has 0 aliphatic heterocycles. The molecule has 3 nitrogen and oxygen atoms in total. The maximum absolute atomic E-state index is 4.19. The highest BCUT2D eigenvalue weighted by molar-refractivity contribution is 5.03. The third-order valence-corrected chi connectivity index (χ3v) is 1.89. The molecule has 1 atom stereocenters. The molecule has 1 aromatic heterocycles. The van der Waals surface area contributed by atoms with E-state index < -0.39 is 0 Å². The third kappa shape index (κ3) is 2.27. The summed E-state index contributed by atoms with van der Waals surface area (Å²) >= 11 is 0. The molecular formula is C9H15N3. The first-order chi connectivity index (χ1) is 5.88. The lowest BCUT2D eigenvalue weighted by atomic mass is 10.1. The standard InChI is InChI=1S/C9H15N3/c1-3-4-8(10-2)9-5-6-11-7-12-9/h5-8,10H,3-4H2,1-2H3. The molecule has 1 rings (SSSR count). The topological polar surface area (TPSA) is 37.8 Å². The summed E-state index contributed by atoms with van der Waals surface area (Å²) in [5.74, 6) is 0. The summed E-state index contributed by atoms with van der Waals surface area (Å²) in [5.41, 5.74) is 1.08. The Balaban J connectivity index is 2.66. The zero-order valence-corrected chi connectivity index (χ0v) is 7.62. The number of nitrogens with one attached hydrogen (secondary N) is 1. The van der Waals surface area contributed by atoms with E-state index >= 15 is 0 Å². The Bertz CT molecular complexity index is 210. The van der Waals surface area contributed by atoms with Crippen LogP contribution in [0.1, 0.15) is 31.5 Å². The van der Waals surface area contributed by atoms with Gasteiger partial charge in [-0.05, 0) is 19.5 Å². The van der Waals surface area contributed by atoms with Crippen molar-refractivity contribution in [1.82, 2.24) is 15.3 Å². The minimum Gasteiger partial charge on any atom is -0.312 e. The Morgan fingerprint density at radius 3 is 2.92 bits per heavy atom. The first-order valence-corrected chi connectivity index (χ1v) is 4.31. The van der Waals surface area contributed by atoms with E-state index in [4.69, 9.17) is 0 Å². The van der Waals surface area contributed by atoms with Crippen LogP contribution in [0.4, 0.5) is 0 Å². The predicted octanol–water partition coefficient (Wildman–Crippen LogP) is 1.54. The van der Waals surface area contributed by atoms with Crippen molar-refractivity contribution in [3.63, 3.8) is 0 Å². The third-order valence-electron chi connectivity index (χ3n) is 1.89. The van der Waals surface area contributed by atoms with Gasteiger partial charge in [0.2, 0.25) is 0 Å². The predicted molar refractivity (Wildman–Crippen MR) is 48.7 cm³/mol. The summed E-state index contributed by atoms with van der Waals surface area (Å²) in [4.78, 5) is 8.08. The lowest BCUT2D eigenvalue weighted by Crippen LogP contribution is -2.17. The van der Waals surface area contributed by atoms with Crippen molar-refractivity contribution in [2.45, 2.75) is 25.8 Å². The summed E-state index contributed by atoms with van der Waals surface area (Å²) in [7, 11) is 1.96. The van der Waals surface area contributed by atoms with Crippen LogP contribution in [-0.2, 0) is 0 Å². The average molecular weight is 165 g/mol. The van der Waals surface area contributed by atoms with Crippen LogP contribution in [-0.4, -0.2) is 17.0 Å². The molecule has 0 aromatic carbocycles. The molecule has 0 fully saturated rings. The minimum atomic E-state index is 0.373. The molecule has 0 saturated heterocycles. The summed E-state index contributed by atoms with van der Waals surface area (Å²) in [6.45, 7) is 2.17. The maximum Gasteiger partial charge on any atom is 0.115 e. The second-order valence-corrected chi connectivity index (χ2v) is 2.76. The molecule has 0 aliphatic rings. The van der Waals surface area contributed by atoms with Gasteiger partial charge in [-0.15, -0.1) is 0 Å². The van der Waals surface area contributed by atoms with Crippen LogP contribution in [0.2, 0.25) is 0 Å². The first-order valence-electron chi connectivity index (χ1n) is 4.31. The molecule has 0 saturated carbocycles. The van der Waals surface area contributed by atoms with Crippen LogP contribution in [0.25, 0.3) is 0 Å². The highest BCUT2D eigenvalue weighted by Gasteiger charge is 2.07. The van der Waals surface area contributed by atoms with Gasteiger partial charge >= 0.3 is 0 Å². The molecule has 0 amide bonds. The monoisotopic (exact) mass is 165 g/mol. The van der Waals surface area contributed by atoms with Crippen LogP contribution < -0.4 is 5.32 Å². The van der Waals surface area contributed by atoms with Gasteiger partial charge in [0.15, 0.2) is 0 Å². The lowest BCUT2D eigenvalue weighted by Gasteiger charge is -2.13. The second-order valence-electron chi connectivity index (χ2n) is 2.76. The van der Waals surface area contributed by atoms with Gasteiger partial charge in [-0.1, -0.05) is 13.3 Å². The smallest absolute Gasteiger partial charge is 0.115 e. The van der Waals surface area contributed by atoms with E-state index in [0.717, 1.165) is 18.5 Å². The SMILES string of the molecule is CCCC(NC)c1ccncn1. The van der Waals surface area contributed by atoms with Crippen LogP contribution >= 0.6 is 0 Å². The van der Waals surface area contributed by atoms with E-state index in [9.17, 15) is 0 Å². The summed E-state index contributed by atoms with van der Waals surface area (Å²) in [5, 5.41) is 3.23. The Kier molecular flexibility index (Phi) is 3.67. The Morgan fingerprint density at radius 1 is 1.58 bits per heavy atom. The number of rotatable bonds is 4. The molecule has 1 unspecified atom stereocenters. The molecule has 12 heavy (non-hydrogen) atoms. The van der Waals surface area contributed by atoms with Crippen LogP contribution in [0.5, 0.6) is 0 Å². The van der Waals surface area contributed by atoms with Crippen molar-refractivity contribution >= 4 is 0 Å². The van der Waals surface area contributed by atoms with Gasteiger partial charge < -0.3 is 5.32 Å². The Morgan fingerprint density at radius 2 is 2.42 bits per heavy atom. The molecular weight excluding hydrogens is 150 g/mol. The van der Waals surface area contributed by atoms with Gasteiger partial charge in [-0.3, -0.25) is 0 Å². The number of aromatic nitrogens is 2. The van der Waals surface area contributed by atoms with Gasteiger partial charge in [0, 0.05) is 12.2 Å². The largest absolute Gasteiger partial charge is 0.312 e. The molecule has 0 aliphatic carbocycles. The molecule has 0 spiro atoms. The zero-order valence-electron chi connectivity index (χ0n) is 7.62. The van der Waals surface area contributed by atoms with Crippen LogP contribution in [0.15, 0.2) is 18.6 Å². The first kappa shape index (κ1) is 9.13. The number of hydrogen-bond donors (Lipinski definition) is 1. The van der Waals surface area contributed by atoms with E-state index in [1.165, 1.54) is 0 Å². The quantitative estimate of drug-likeness (QED) is 0.735. The van der Waals surface area contributed by atoms with E-state index in [1.54, 1.807) is 12.5 Å². The van der Waals surface area contributed by atoms with Crippen molar-refractivity contribution in [3.8, 4) is 0 Å². The fraction of sp³-hybridized carbons (Fsp3) is 0.556.